The molecule has 0 aliphatic rings. The maximum absolute atomic E-state index is 12.9. The zero-order chi connectivity index (χ0) is 25.1. The summed E-state index contributed by atoms with van der Waals surface area (Å²) in [6.45, 7) is 0.814. The number of phenolic OH excluding ortho intramolecular Hbond substituents is 1. The Kier molecular flexibility index (Phi) is 10.7. The number of carboxylic acid groups (broad SMARTS) is 1. The molecule has 0 saturated carbocycles. The number of aliphatic hydroxyl groups excluding tert-OH is 1. The molecule has 1 aromatic carbocycles. The Morgan fingerprint density at radius 3 is 2.03 bits per heavy atom. The minimum atomic E-state index is -1.45. The van der Waals surface area contributed by atoms with E-state index in [1.54, 1.807) is 0 Å². The first kappa shape index (κ1) is 27.3. The number of aliphatic carboxylic acids is 1. The highest BCUT2D eigenvalue weighted by Gasteiger charge is 2.31. The van der Waals surface area contributed by atoms with E-state index < -0.39 is 60.4 Å². The number of phenols is 1. The number of benzene rings is 1. The maximum atomic E-state index is 12.9. The van der Waals surface area contributed by atoms with Crippen LogP contribution in [0, 0.1) is 0 Å². The lowest BCUT2D eigenvalue weighted by Gasteiger charge is -2.25. The summed E-state index contributed by atoms with van der Waals surface area (Å²) in [6.07, 6.45) is -2.00. The monoisotopic (exact) mass is 467 g/mol. The van der Waals surface area contributed by atoms with Crippen molar-refractivity contribution in [1.82, 2.24) is 16.0 Å². The predicted octanol–water partition coefficient (Wildman–Crippen LogP) is -2.92. The molecule has 33 heavy (non-hydrogen) atoms. The Morgan fingerprint density at radius 1 is 0.970 bits per heavy atom. The summed E-state index contributed by atoms with van der Waals surface area (Å²) in [7, 11) is 0. The van der Waals surface area contributed by atoms with Crippen LogP contribution in [0.25, 0.3) is 0 Å². The largest absolute Gasteiger partial charge is 0.508 e. The van der Waals surface area contributed by atoms with Crippen LogP contribution >= 0.6 is 0 Å². The second-order valence-electron chi connectivity index (χ2n) is 7.33. The second kappa shape index (κ2) is 13.0. The quantitative estimate of drug-likeness (QED) is 0.148. The maximum Gasteiger partial charge on any atom is 0.326 e. The molecule has 0 saturated heterocycles. The number of rotatable bonds is 13. The van der Waals surface area contributed by atoms with Crippen LogP contribution in [0.2, 0.25) is 0 Å². The van der Waals surface area contributed by atoms with Crippen LogP contribution in [0.4, 0.5) is 0 Å². The van der Waals surface area contributed by atoms with Gasteiger partial charge in [0.25, 0.3) is 0 Å². The predicted molar refractivity (Wildman–Crippen MR) is 114 cm³/mol. The minimum Gasteiger partial charge on any atom is -0.508 e. The molecule has 13 nitrogen and oxygen atoms in total. The first-order valence-electron chi connectivity index (χ1n) is 10.0. The molecule has 4 amide bonds. The summed E-state index contributed by atoms with van der Waals surface area (Å²) >= 11 is 0. The van der Waals surface area contributed by atoms with Crippen LogP contribution in [0.3, 0.4) is 0 Å². The molecule has 0 aliphatic heterocycles. The summed E-state index contributed by atoms with van der Waals surface area (Å²) in [6, 6.07) is 1.50. The van der Waals surface area contributed by atoms with Gasteiger partial charge in [0.2, 0.25) is 23.6 Å². The van der Waals surface area contributed by atoms with Crippen molar-refractivity contribution in [3.05, 3.63) is 29.8 Å². The lowest BCUT2D eigenvalue weighted by molar-refractivity contribution is -0.142. The summed E-state index contributed by atoms with van der Waals surface area (Å²) < 4.78 is 0. The van der Waals surface area contributed by atoms with Gasteiger partial charge < -0.3 is 42.7 Å². The lowest BCUT2D eigenvalue weighted by Crippen LogP contribution is -2.59. The van der Waals surface area contributed by atoms with Gasteiger partial charge in [0.15, 0.2) is 0 Å². The molecule has 0 fully saturated rings. The normalized spacial score (nSPS) is 14.3. The average molecular weight is 467 g/mol. The number of nitrogens with one attached hydrogen (secondary N) is 3. The Hall–Kier alpha value is -3.71. The van der Waals surface area contributed by atoms with Crippen LogP contribution in [0.15, 0.2) is 24.3 Å². The van der Waals surface area contributed by atoms with Gasteiger partial charge in [-0.15, -0.1) is 0 Å². The van der Waals surface area contributed by atoms with E-state index in [0.717, 1.165) is 0 Å². The van der Waals surface area contributed by atoms with Gasteiger partial charge >= 0.3 is 5.97 Å². The Balaban J connectivity index is 3.10. The number of aliphatic hydroxyl groups is 1. The topological polar surface area (TPSA) is 234 Å². The van der Waals surface area contributed by atoms with Gasteiger partial charge in [-0.25, -0.2) is 4.79 Å². The summed E-state index contributed by atoms with van der Waals surface area (Å²) in [5.74, 6) is -4.69. The molecular formula is C20H29N5O8. The van der Waals surface area contributed by atoms with Crippen molar-refractivity contribution in [2.45, 2.75) is 50.4 Å². The third-order valence-corrected chi connectivity index (χ3v) is 4.57. The first-order chi connectivity index (χ1) is 15.4. The molecule has 13 heteroatoms. The number of primary amides is 1. The van der Waals surface area contributed by atoms with Crippen molar-refractivity contribution in [2.24, 2.45) is 11.5 Å². The highest BCUT2D eigenvalue weighted by Crippen LogP contribution is 2.12. The van der Waals surface area contributed by atoms with Crippen molar-refractivity contribution >= 4 is 29.6 Å². The zero-order valence-electron chi connectivity index (χ0n) is 18.0. The first-order valence-corrected chi connectivity index (χ1v) is 10.0. The molecule has 1 aromatic rings. The lowest BCUT2D eigenvalue weighted by atomic mass is 10.0. The fourth-order valence-corrected chi connectivity index (χ4v) is 2.79. The smallest absolute Gasteiger partial charge is 0.326 e. The van der Waals surface area contributed by atoms with Gasteiger partial charge in [-0.05, 0) is 31.0 Å². The van der Waals surface area contributed by atoms with E-state index >= 15 is 0 Å². The third-order valence-electron chi connectivity index (χ3n) is 4.57. The van der Waals surface area contributed by atoms with Crippen molar-refractivity contribution in [3.8, 4) is 5.75 Å². The van der Waals surface area contributed by atoms with E-state index in [1.807, 2.05) is 0 Å². The average Bonchev–Trinajstić information content (AvgIpc) is 2.74. The molecule has 182 valence electrons. The minimum absolute atomic E-state index is 0.0279. The molecule has 4 atom stereocenters. The van der Waals surface area contributed by atoms with Gasteiger partial charge in [0.05, 0.1) is 12.6 Å². The number of nitrogens with two attached hydrogens (primary N) is 2. The highest BCUT2D eigenvalue weighted by molar-refractivity contribution is 5.94. The van der Waals surface area contributed by atoms with Crippen LogP contribution in [-0.2, 0) is 30.4 Å². The number of carbonyl (C=O) groups is 5. The van der Waals surface area contributed by atoms with E-state index in [1.165, 1.54) is 31.2 Å². The van der Waals surface area contributed by atoms with E-state index in [9.17, 15) is 39.3 Å². The number of carbonyl (C=O) groups excluding carboxylic acids is 4. The molecular weight excluding hydrogens is 438 g/mol. The Morgan fingerprint density at radius 2 is 1.55 bits per heavy atom. The molecule has 0 heterocycles. The van der Waals surface area contributed by atoms with Gasteiger partial charge in [0, 0.05) is 12.8 Å². The second-order valence-corrected chi connectivity index (χ2v) is 7.33. The van der Waals surface area contributed by atoms with Gasteiger partial charge in [-0.1, -0.05) is 12.1 Å². The fraction of sp³-hybridized carbons (Fsp3) is 0.450. The van der Waals surface area contributed by atoms with Crippen molar-refractivity contribution < 1.29 is 39.3 Å². The van der Waals surface area contributed by atoms with Crippen molar-refractivity contribution in [1.29, 1.82) is 0 Å². The number of hydrogen-bond acceptors (Lipinski definition) is 8. The van der Waals surface area contributed by atoms with E-state index in [4.69, 9.17) is 11.5 Å². The molecule has 10 N–H and O–H groups in total. The number of hydrogen-bond donors (Lipinski definition) is 8. The van der Waals surface area contributed by atoms with Crippen molar-refractivity contribution in [2.75, 3.05) is 6.54 Å². The van der Waals surface area contributed by atoms with Crippen LogP contribution in [0.5, 0.6) is 5.75 Å². The molecule has 0 bridgehead atoms. The standard InChI is InChI=1S/C20H29N5O8/c1-10(26)17(25-16(29)9-21)19(31)24-14(8-11-2-4-12(27)5-3-11)18(30)23-13(20(32)33)6-7-15(22)28/h2-5,10,13-14,17,26-27H,6-9,21H2,1H3,(H2,22,28)(H,23,30)(H,24,31)(H,25,29)(H,32,33). The van der Waals surface area contributed by atoms with E-state index in [0.29, 0.717) is 5.56 Å². The molecule has 0 radical (unpaired) electrons. The van der Waals surface area contributed by atoms with Gasteiger partial charge in [-0.3, -0.25) is 19.2 Å². The number of aromatic hydroxyl groups is 1. The Bertz CT molecular complexity index is 859. The van der Waals surface area contributed by atoms with Crippen LogP contribution < -0.4 is 27.4 Å². The number of carboxylic acids is 1. The molecule has 0 aliphatic carbocycles. The van der Waals surface area contributed by atoms with Crippen molar-refractivity contribution in [3.63, 3.8) is 0 Å². The Labute approximate surface area is 189 Å². The third kappa shape index (κ3) is 9.53. The van der Waals surface area contributed by atoms with E-state index in [2.05, 4.69) is 16.0 Å². The summed E-state index contributed by atoms with van der Waals surface area (Å²) in [4.78, 5) is 59.6. The SMILES string of the molecule is CC(O)C(NC(=O)CN)C(=O)NC(Cc1ccc(O)cc1)C(=O)NC(CCC(N)=O)C(=O)O. The van der Waals surface area contributed by atoms with Crippen LogP contribution in [-0.4, -0.2) is 75.7 Å². The van der Waals surface area contributed by atoms with E-state index in [-0.39, 0.29) is 25.0 Å². The summed E-state index contributed by atoms with van der Waals surface area (Å²) in [5.41, 5.74) is 10.8. The van der Waals surface area contributed by atoms with Gasteiger partial charge in [0.1, 0.15) is 23.9 Å². The molecule has 0 aromatic heterocycles. The zero-order valence-corrected chi connectivity index (χ0v) is 18.0. The van der Waals surface area contributed by atoms with Crippen LogP contribution in [0.1, 0.15) is 25.3 Å². The molecule has 0 spiro atoms. The summed E-state index contributed by atoms with van der Waals surface area (Å²) in [5, 5.41) is 35.5. The highest BCUT2D eigenvalue weighted by atomic mass is 16.4. The van der Waals surface area contributed by atoms with Gasteiger partial charge in [-0.2, -0.15) is 0 Å². The molecule has 4 unspecified atom stereocenters. The number of amides is 4. The molecule has 1 rings (SSSR count). The fourth-order valence-electron chi connectivity index (χ4n) is 2.79.